The highest BCUT2D eigenvalue weighted by atomic mass is 16.5. The number of carbonyl (C=O) groups excluding carboxylic acids is 1. The summed E-state index contributed by atoms with van der Waals surface area (Å²) in [5, 5.41) is 11.8. The van der Waals surface area contributed by atoms with Crippen molar-refractivity contribution in [2.24, 2.45) is 4.99 Å². The molecule has 5 aromatic rings. The Hall–Kier alpha value is -4.73. The highest BCUT2D eigenvalue weighted by Crippen LogP contribution is 2.33. The first-order valence-electron chi connectivity index (χ1n) is 14.1. The highest BCUT2D eigenvalue weighted by molar-refractivity contribution is 6.22. The molecule has 9 nitrogen and oxygen atoms in total. The minimum Gasteiger partial charge on any atom is -0.494 e. The van der Waals surface area contributed by atoms with Gasteiger partial charge in [0.2, 0.25) is 5.89 Å². The number of oxazole rings is 1. The number of hydrogen-bond acceptors (Lipinski definition) is 8. The molecule has 214 valence electrons. The predicted molar refractivity (Wildman–Crippen MR) is 162 cm³/mol. The number of H-pyrrole nitrogens is 1. The van der Waals surface area contributed by atoms with Crippen molar-refractivity contribution in [3.8, 4) is 17.3 Å². The molecule has 1 aliphatic heterocycles. The Bertz CT molecular complexity index is 1710. The molecule has 3 aromatic carbocycles. The van der Waals surface area contributed by atoms with E-state index in [1.165, 1.54) is 0 Å². The lowest BCUT2D eigenvalue weighted by molar-refractivity contribution is 0.0526. The second-order valence-electron chi connectivity index (χ2n) is 10.4. The van der Waals surface area contributed by atoms with E-state index in [-0.39, 0.29) is 12.5 Å². The number of nitrogens with zero attached hydrogens (tertiary/aromatic N) is 4. The first-order chi connectivity index (χ1) is 20.5. The Kier molecular flexibility index (Phi) is 7.85. The maximum atomic E-state index is 12.3. The minimum absolute atomic E-state index is 0.0297. The molecule has 0 amide bonds. The summed E-state index contributed by atoms with van der Waals surface area (Å²) >= 11 is 0. The molecular weight excluding hydrogens is 530 g/mol. The average molecular weight is 564 g/mol. The number of aliphatic imine (C=N–C) groups is 1. The van der Waals surface area contributed by atoms with Gasteiger partial charge in [0.05, 0.1) is 41.9 Å². The number of fused-ring (bicyclic) bond motifs is 1. The standard InChI is InChI=1S/C33H33N5O4/c1-3-41-33(40)24-11-14-27-28(19-24)36-31(39)29(27)30(22-7-5-4-6-8-22)35-25-12-9-23(10-13-25)32-34-20-26(42-32)21-38-17-15-37(2)16-18-38/h4-14,19-20,36,39H,3,15-18,21H2,1-2H3. The van der Waals surface area contributed by atoms with Crippen LogP contribution in [-0.4, -0.2) is 76.4 Å². The van der Waals surface area contributed by atoms with Crippen molar-refractivity contribution in [1.29, 1.82) is 0 Å². The summed E-state index contributed by atoms with van der Waals surface area (Å²) in [7, 11) is 2.15. The molecule has 0 unspecified atom stereocenters. The molecule has 0 bridgehead atoms. The van der Waals surface area contributed by atoms with Gasteiger partial charge in [-0.1, -0.05) is 36.4 Å². The molecule has 2 N–H and O–H groups in total. The van der Waals surface area contributed by atoms with E-state index in [1.807, 2.05) is 54.6 Å². The van der Waals surface area contributed by atoms with Crippen molar-refractivity contribution in [1.82, 2.24) is 19.8 Å². The molecule has 3 heterocycles. The van der Waals surface area contributed by atoms with Crippen molar-refractivity contribution in [2.45, 2.75) is 13.5 Å². The fourth-order valence-electron chi connectivity index (χ4n) is 5.17. The molecule has 42 heavy (non-hydrogen) atoms. The van der Waals surface area contributed by atoms with E-state index in [9.17, 15) is 9.90 Å². The van der Waals surface area contributed by atoms with Crippen LogP contribution < -0.4 is 0 Å². The van der Waals surface area contributed by atoms with E-state index in [0.29, 0.717) is 33.9 Å². The number of aromatic hydroxyl groups is 1. The number of hydrogen-bond donors (Lipinski definition) is 2. The molecular formula is C33H33N5O4. The fourth-order valence-corrected chi connectivity index (χ4v) is 5.17. The molecule has 0 saturated carbocycles. The van der Waals surface area contributed by atoms with Crippen LogP contribution in [0.25, 0.3) is 22.4 Å². The quantitative estimate of drug-likeness (QED) is 0.186. The first kappa shape index (κ1) is 27.4. The molecule has 2 aromatic heterocycles. The van der Waals surface area contributed by atoms with Crippen LogP contribution >= 0.6 is 0 Å². The molecule has 0 radical (unpaired) electrons. The number of aromatic nitrogens is 2. The van der Waals surface area contributed by atoms with Gasteiger partial charge in [0.15, 0.2) is 5.88 Å². The van der Waals surface area contributed by atoms with Crippen LogP contribution in [0.1, 0.15) is 34.2 Å². The molecule has 9 heteroatoms. The number of rotatable bonds is 8. The van der Waals surface area contributed by atoms with Gasteiger partial charge in [0, 0.05) is 48.2 Å². The summed E-state index contributed by atoms with van der Waals surface area (Å²) in [4.78, 5) is 29.5. The number of likely N-dealkylation sites (N-methyl/N-ethyl adjacent to an activating group) is 1. The fraction of sp³-hybridized carbons (Fsp3) is 0.242. The third kappa shape index (κ3) is 5.83. The number of nitrogens with one attached hydrogen (secondary N) is 1. The maximum Gasteiger partial charge on any atom is 0.338 e. The monoisotopic (exact) mass is 563 g/mol. The number of ether oxygens (including phenoxy) is 1. The summed E-state index contributed by atoms with van der Waals surface area (Å²) in [5.41, 5.74) is 4.58. The Balaban J connectivity index is 1.30. The zero-order chi connectivity index (χ0) is 29.1. The largest absolute Gasteiger partial charge is 0.494 e. The van der Waals surface area contributed by atoms with Gasteiger partial charge in [-0.2, -0.15) is 0 Å². The van der Waals surface area contributed by atoms with Crippen LogP contribution in [0.15, 0.2) is 88.4 Å². The van der Waals surface area contributed by atoms with Gasteiger partial charge in [-0.3, -0.25) is 4.90 Å². The number of carbonyl (C=O) groups is 1. The summed E-state index contributed by atoms with van der Waals surface area (Å²) in [6.45, 7) is 6.94. The van der Waals surface area contributed by atoms with Gasteiger partial charge in [-0.25, -0.2) is 14.8 Å². The number of benzene rings is 3. The average Bonchev–Trinajstić information content (AvgIpc) is 3.61. The summed E-state index contributed by atoms with van der Waals surface area (Å²) in [6, 6.07) is 22.6. The van der Waals surface area contributed by atoms with E-state index >= 15 is 0 Å². The second-order valence-corrected chi connectivity index (χ2v) is 10.4. The van der Waals surface area contributed by atoms with Gasteiger partial charge >= 0.3 is 5.97 Å². The smallest absolute Gasteiger partial charge is 0.338 e. The van der Waals surface area contributed by atoms with Crippen LogP contribution in [0.3, 0.4) is 0 Å². The van der Waals surface area contributed by atoms with Crippen molar-refractivity contribution in [3.63, 3.8) is 0 Å². The minimum atomic E-state index is -0.412. The molecule has 0 aliphatic carbocycles. The lowest BCUT2D eigenvalue weighted by atomic mass is 10.00. The first-order valence-corrected chi connectivity index (χ1v) is 14.1. The number of piperazine rings is 1. The molecule has 1 saturated heterocycles. The number of aromatic amines is 1. The van der Waals surface area contributed by atoms with Gasteiger partial charge in [-0.15, -0.1) is 0 Å². The molecule has 1 fully saturated rings. The van der Waals surface area contributed by atoms with Crippen molar-refractivity contribution < 1.29 is 19.1 Å². The summed E-state index contributed by atoms with van der Waals surface area (Å²) < 4.78 is 11.2. The topological polar surface area (TPSA) is 107 Å². The molecule has 6 rings (SSSR count). The Morgan fingerprint density at radius 3 is 2.52 bits per heavy atom. The van der Waals surface area contributed by atoms with Gasteiger partial charge in [0.25, 0.3) is 0 Å². The van der Waals surface area contributed by atoms with Crippen LogP contribution in [-0.2, 0) is 11.3 Å². The zero-order valence-corrected chi connectivity index (χ0v) is 23.7. The second kappa shape index (κ2) is 12.0. The van der Waals surface area contributed by atoms with Crippen molar-refractivity contribution in [2.75, 3.05) is 39.8 Å². The third-order valence-corrected chi connectivity index (χ3v) is 7.46. The lowest BCUT2D eigenvalue weighted by Gasteiger charge is -2.31. The van der Waals surface area contributed by atoms with Gasteiger partial charge < -0.3 is 24.1 Å². The molecule has 0 atom stereocenters. The summed E-state index contributed by atoms with van der Waals surface area (Å²) in [5.74, 6) is 0.982. The SMILES string of the molecule is CCOC(=O)c1ccc2c(C(=Nc3ccc(-c4ncc(CN5CCN(C)CC5)o4)cc3)c3ccccc3)c(O)[nH]c2c1. The number of esters is 1. The van der Waals surface area contributed by atoms with Crippen LogP contribution in [0, 0.1) is 0 Å². The Morgan fingerprint density at radius 1 is 1.02 bits per heavy atom. The van der Waals surface area contributed by atoms with Crippen LogP contribution in [0.4, 0.5) is 5.69 Å². The zero-order valence-electron chi connectivity index (χ0n) is 23.7. The normalized spacial score (nSPS) is 14.9. The van der Waals surface area contributed by atoms with Crippen LogP contribution in [0.5, 0.6) is 5.88 Å². The highest BCUT2D eigenvalue weighted by Gasteiger charge is 2.20. The van der Waals surface area contributed by atoms with E-state index < -0.39 is 5.97 Å². The Labute approximate surface area is 244 Å². The molecule has 1 aliphatic rings. The maximum absolute atomic E-state index is 12.3. The Morgan fingerprint density at radius 2 is 1.79 bits per heavy atom. The van der Waals surface area contributed by atoms with E-state index in [1.54, 1.807) is 31.3 Å². The van der Waals surface area contributed by atoms with E-state index in [0.717, 1.165) is 55.0 Å². The van der Waals surface area contributed by atoms with E-state index in [2.05, 4.69) is 26.8 Å². The third-order valence-electron chi connectivity index (χ3n) is 7.46. The van der Waals surface area contributed by atoms with E-state index in [4.69, 9.17) is 14.1 Å². The summed E-state index contributed by atoms with van der Waals surface area (Å²) in [6.07, 6.45) is 1.81. The van der Waals surface area contributed by atoms with Gasteiger partial charge in [0.1, 0.15) is 5.76 Å². The predicted octanol–water partition coefficient (Wildman–Crippen LogP) is 5.62. The molecule has 0 spiro atoms. The van der Waals surface area contributed by atoms with Crippen molar-refractivity contribution >= 4 is 28.3 Å². The van der Waals surface area contributed by atoms with Gasteiger partial charge in [-0.05, 0) is 50.4 Å². The lowest BCUT2D eigenvalue weighted by Crippen LogP contribution is -2.43. The van der Waals surface area contributed by atoms with Crippen LogP contribution in [0.2, 0.25) is 0 Å². The van der Waals surface area contributed by atoms with Crippen molar-refractivity contribution in [3.05, 3.63) is 101 Å².